The summed E-state index contributed by atoms with van der Waals surface area (Å²) in [6, 6.07) is 5.46. The maximum Gasteiger partial charge on any atom is 0.150 e. The monoisotopic (exact) mass is 244 g/mol. The summed E-state index contributed by atoms with van der Waals surface area (Å²) in [7, 11) is 0. The van der Waals surface area contributed by atoms with Crippen LogP contribution in [0, 0.1) is 18.3 Å². The first-order valence-electron chi connectivity index (χ1n) is 4.94. The number of nitriles is 1. The van der Waals surface area contributed by atoms with Gasteiger partial charge in [-0.05, 0) is 24.6 Å². The summed E-state index contributed by atoms with van der Waals surface area (Å²) in [5, 5.41) is 12.2. The second-order valence-corrected chi connectivity index (χ2v) is 3.83. The average Bonchev–Trinajstić information content (AvgIpc) is 2.34. The topological polar surface area (TPSA) is 61.6 Å². The Hall–Kier alpha value is -2.12. The van der Waals surface area contributed by atoms with Crippen molar-refractivity contribution in [2.24, 2.45) is 0 Å². The molecule has 2 aromatic heterocycles. The van der Waals surface area contributed by atoms with Crippen LogP contribution >= 0.6 is 11.6 Å². The van der Waals surface area contributed by atoms with Crippen LogP contribution in [-0.4, -0.2) is 9.97 Å². The highest BCUT2D eigenvalue weighted by Crippen LogP contribution is 2.26. The number of nitrogens with one attached hydrogen (secondary N) is 1. The summed E-state index contributed by atoms with van der Waals surface area (Å²) in [4.78, 5) is 8.12. The van der Waals surface area contributed by atoms with Crippen LogP contribution < -0.4 is 5.32 Å². The Bertz CT molecular complexity index is 589. The smallest absolute Gasteiger partial charge is 0.150 e. The van der Waals surface area contributed by atoms with Gasteiger partial charge in [-0.2, -0.15) is 5.26 Å². The van der Waals surface area contributed by atoms with Gasteiger partial charge in [-0.15, -0.1) is 0 Å². The van der Waals surface area contributed by atoms with Gasteiger partial charge < -0.3 is 5.32 Å². The van der Waals surface area contributed by atoms with Gasteiger partial charge in [0, 0.05) is 12.4 Å². The molecule has 2 heterocycles. The third kappa shape index (κ3) is 2.35. The number of nitrogens with zero attached hydrogens (tertiary/aromatic N) is 3. The molecule has 0 amide bonds. The number of hydrogen-bond donors (Lipinski definition) is 1. The second-order valence-electron chi connectivity index (χ2n) is 3.45. The zero-order chi connectivity index (χ0) is 12.3. The summed E-state index contributed by atoms with van der Waals surface area (Å²) in [6.07, 6.45) is 4.94. The van der Waals surface area contributed by atoms with Crippen molar-refractivity contribution in [3.63, 3.8) is 0 Å². The first kappa shape index (κ1) is 11.4. The van der Waals surface area contributed by atoms with E-state index in [-0.39, 0.29) is 0 Å². The summed E-state index contributed by atoms with van der Waals surface area (Å²) in [6.45, 7) is 1.95. The molecule has 0 saturated carbocycles. The molecule has 0 unspecified atom stereocenters. The standard InChI is InChI=1S/C12H9ClN4/c1-8-2-4-15-7-10(8)17-12-11(13)9(6-14)3-5-16-12/h2-5,7H,1H3,(H,16,17). The van der Waals surface area contributed by atoms with Crippen LogP contribution in [0.1, 0.15) is 11.1 Å². The minimum Gasteiger partial charge on any atom is -0.337 e. The Morgan fingerprint density at radius 1 is 1.35 bits per heavy atom. The van der Waals surface area contributed by atoms with Gasteiger partial charge in [0.2, 0.25) is 0 Å². The van der Waals surface area contributed by atoms with Gasteiger partial charge in [0.25, 0.3) is 0 Å². The zero-order valence-corrected chi connectivity index (χ0v) is 9.86. The van der Waals surface area contributed by atoms with E-state index in [0.717, 1.165) is 11.3 Å². The number of aromatic nitrogens is 2. The predicted octanol–water partition coefficient (Wildman–Crippen LogP) is 3.05. The van der Waals surface area contributed by atoms with Gasteiger partial charge in [-0.1, -0.05) is 11.6 Å². The quantitative estimate of drug-likeness (QED) is 0.882. The van der Waals surface area contributed by atoms with E-state index in [4.69, 9.17) is 16.9 Å². The van der Waals surface area contributed by atoms with Crippen molar-refractivity contribution in [3.05, 3.63) is 46.9 Å². The Balaban J connectivity index is 2.38. The lowest BCUT2D eigenvalue weighted by Crippen LogP contribution is -1.98. The molecular weight excluding hydrogens is 236 g/mol. The lowest BCUT2D eigenvalue weighted by atomic mass is 10.2. The SMILES string of the molecule is Cc1ccncc1Nc1nccc(C#N)c1Cl. The van der Waals surface area contributed by atoms with E-state index >= 15 is 0 Å². The van der Waals surface area contributed by atoms with Gasteiger partial charge in [0.15, 0.2) is 5.82 Å². The first-order valence-corrected chi connectivity index (χ1v) is 5.32. The molecule has 2 aromatic rings. The molecular formula is C12H9ClN4. The van der Waals surface area contributed by atoms with Crippen LogP contribution in [-0.2, 0) is 0 Å². The molecule has 0 radical (unpaired) electrons. The fourth-order valence-corrected chi connectivity index (χ4v) is 1.54. The minimum atomic E-state index is 0.318. The number of anilines is 2. The fraction of sp³-hybridized carbons (Fsp3) is 0.0833. The average molecular weight is 245 g/mol. The van der Waals surface area contributed by atoms with E-state index in [0.29, 0.717) is 16.4 Å². The highest BCUT2D eigenvalue weighted by molar-refractivity contribution is 6.34. The van der Waals surface area contributed by atoms with Crippen LogP contribution in [0.5, 0.6) is 0 Å². The highest BCUT2D eigenvalue weighted by atomic mass is 35.5. The Labute approximate surface area is 104 Å². The van der Waals surface area contributed by atoms with E-state index in [1.807, 2.05) is 19.1 Å². The van der Waals surface area contributed by atoms with Crippen LogP contribution in [0.4, 0.5) is 11.5 Å². The van der Waals surface area contributed by atoms with Gasteiger partial charge in [0.1, 0.15) is 11.1 Å². The lowest BCUT2D eigenvalue weighted by molar-refractivity contribution is 1.24. The molecule has 0 aliphatic heterocycles. The minimum absolute atomic E-state index is 0.318. The maximum atomic E-state index is 8.86. The molecule has 0 spiro atoms. The van der Waals surface area contributed by atoms with E-state index in [2.05, 4.69) is 15.3 Å². The summed E-state index contributed by atoms with van der Waals surface area (Å²) < 4.78 is 0. The number of hydrogen-bond acceptors (Lipinski definition) is 4. The number of pyridine rings is 2. The van der Waals surface area contributed by atoms with Crippen LogP contribution in [0.25, 0.3) is 0 Å². The van der Waals surface area contributed by atoms with Gasteiger partial charge in [-0.3, -0.25) is 4.98 Å². The van der Waals surface area contributed by atoms with Crippen LogP contribution in [0.2, 0.25) is 5.02 Å². The normalized spacial score (nSPS) is 9.71. The molecule has 1 N–H and O–H groups in total. The summed E-state index contributed by atoms with van der Waals surface area (Å²) >= 11 is 6.04. The van der Waals surface area contributed by atoms with Crippen molar-refractivity contribution in [1.82, 2.24) is 9.97 Å². The van der Waals surface area contributed by atoms with Crippen molar-refractivity contribution < 1.29 is 0 Å². The second kappa shape index (κ2) is 4.81. The third-order valence-corrected chi connectivity index (χ3v) is 2.68. The van der Waals surface area contributed by atoms with E-state index < -0.39 is 0 Å². The van der Waals surface area contributed by atoms with Gasteiger partial charge in [0.05, 0.1) is 17.4 Å². The van der Waals surface area contributed by atoms with E-state index in [1.54, 1.807) is 24.7 Å². The molecule has 5 heteroatoms. The van der Waals surface area contributed by atoms with Crippen molar-refractivity contribution in [2.45, 2.75) is 6.92 Å². The van der Waals surface area contributed by atoms with Gasteiger partial charge >= 0.3 is 0 Å². The number of halogens is 1. The molecule has 0 atom stereocenters. The molecule has 0 aliphatic rings. The highest BCUT2D eigenvalue weighted by Gasteiger charge is 2.08. The molecule has 0 aliphatic carbocycles. The molecule has 0 saturated heterocycles. The fourth-order valence-electron chi connectivity index (χ4n) is 1.34. The Kier molecular flexibility index (Phi) is 3.22. The predicted molar refractivity (Wildman–Crippen MR) is 66.2 cm³/mol. The molecule has 0 fully saturated rings. The van der Waals surface area contributed by atoms with Crippen molar-refractivity contribution >= 4 is 23.1 Å². The third-order valence-electron chi connectivity index (χ3n) is 2.30. The molecule has 84 valence electrons. The molecule has 4 nitrogen and oxygen atoms in total. The van der Waals surface area contributed by atoms with E-state index in [9.17, 15) is 0 Å². The molecule has 17 heavy (non-hydrogen) atoms. The van der Waals surface area contributed by atoms with Crippen LogP contribution in [0.15, 0.2) is 30.7 Å². The summed E-state index contributed by atoms with van der Waals surface area (Å²) in [5.41, 5.74) is 2.24. The largest absolute Gasteiger partial charge is 0.337 e. The number of rotatable bonds is 2. The lowest BCUT2D eigenvalue weighted by Gasteiger charge is -2.09. The van der Waals surface area contributed by atoms with Crippen molar-refractivity contribution in [3.8, 4) is 6.07 Å². The van der Waals surface area contributed by atoms with Crippen molar-refractivity contribution in [2.75, 3.05) is 5.32 Å². The molecule has 2 rings (SSSR count). The maximum absolute atomic E-state index is 8.86. The first-order chi connectivity index (χ1) is 8.22. The van der Waals surface area contributed by atoms with E-state index in [1.165, 1.54) is 0 Å². The molecule has 0 aromatic carbocycles. The van der Waals surface area contributed by atoms with Crippen molar-refractivity contribution in [1.29, 1.82) is 5.26 Å². The van der Waals surface area contributed by atoms with Gasteiger partial charge in [-0.25, -0.2) is 4.98 Å². The Morgan fingerprint density at radius 3 is 2.88 bits per heavy atom. The van der Waals surface area contributed by atoms with Crippen LogP contribution in [0.3, 0.4) is 0 Å². The zero-order valence-electron chi connectivity index (χ0n) is 9.11. The number of aryl methyl sites for hydroxylation is 1. The molecule has 0 bridgehead atoms. The Morgan fingerprint density at radius 2 is 2.18 bits per heavy atom. The summed E-state index contributed by atoms with van der Waals surface area (Å²) in [5.74, 6) is 0.460.